The van der Waals surface area contributed by atoms with Crippen LogP contribution in [0, 0.1) is 0 Å². The molecule has 0 unspecified atom stereocenters. The number of hydrogen-bond acceptors (Lipinski definition) is 6. The van der Waals surface area contributed by atoms with Crippen molar-refractivity contribution in [1.29, 1.82) is 0 Å². The Morgan fingerprint density at radius 1 is 0.903 bits per heavy atom. The number of benzene rings is 2. The molecule has 0 atom stereocenters. The molecule has 1 aliphatic carbocycles. The number of carbonyl (C=O) groups is 1. The first-order chi connectivity index (χ1) is 15.1. The zero-order chi connectivity index (χ0) is 21.8. The van der Waals surface area contributed by atoms with Crippen molar-refractivity contribution < 1.29 is 28.5 Å². The van der Waals surface area contributed by atoms with Crippen LogP contribution in [0.5, 0.6) is 28.7 Å². The SMILES string of the molecule is COc1cc(OC)c(OC)cc1/C=C/C(=O)Nc1ccc2c(c1)OC1(CCCCC1)O2. The monoisotopic (exact) mass is 425 g/mol. The van der Waals surface area contributed by atoms with Gasteiger partial charge in [0.1, 0.15) is 5.75 Å². The van der Waals surface area contributed by atoms with Crippen LogP contribution in [-0.2, 0) is 4.79 Å². The van der Waals surface area contributed by atoms with Gasteiger partial charge in [-0.15, -0.1) is 0 Å². The molecule has 7 heteroatoms. The third kappa shape index (κ3) is 4.40. The molecule has 1 aliphatic heterocycles. The Kier molecular flexibility index (Phi) is 5.93. The van der Waals surface area contributed by atoms with E-state index in [-0.39, 0.29) is 5.91 Å². The van der Waals surface area contributed by atoms with Crippen LogP contribution in [0.1, 0.15) is 37.7 Å². The summed E-state index contributed by atoms with van der Waals surface area (Å²) < 4.78 is 28.2. The number of hydrogen-bond donors (Lipinski definition) is 1. The molecule has 1 spiro atoms. The molecule has 0 bridgehead atoms. The van der Waals surface area contributed by atoms with Gasteiger partial charge in [0, 0.05) is 42.3 Å². The van der Waals surface area contributed by atoms with Crippen molar-refractivity contribution in [3.63, 3.8) is 0 Å². The predicted molar refractivity (Wildman–Crippen MR) is 117 cm³/mol. The van der Waals surface area contributed by atoms with Crippen LogP contribution in [0.2, 0.25) is 0 Å². The van der Waals surface area contributed by atoms with E-state index in [4.69, 9.17) is 23.7 Å². The zero-order valence-electron chi connectivity index (χ0n) is 18.0. The summed E-state index contributed by atoms with van der Waals surface area (Å²) in [6.45, 7) is 0. The molecule has 4 rings (SSSR count). The van der Waals surface area contributed by atoms with Gasteiger partial charge in [-0.25, -0.2) is 0 Å². The molecule has 2 aliphatic rings. The van der Waals surface area contributed by atoms with Gasteiger partial charge in [0.2, 0.25) is 5.91 Å². The van der Waals surface area contributed by atoms with E-state index < -0.39 is 5.79 Å². The van der Waals surface area contributed by atoms with Gasteiger partial charge in [-0.3, -0.25) is 4.79 Å². The van der Waals surface area contributed by atoms with Crippen LogP contribution < -0.4 is 29.0 Å². The summed E-state index contributed by atoms with van der Waals surface area (Å²) in [6.07, 6.45) is 8.29. The smallest absolute Gasteiger partial charge is 0.251 e. The summed E-state index contributed by atoms with van der Waals surface area (Å²) in [4.78, 5) is 12.5. The van der Waals surface area contributed by atoms with Crippen molar-refractivity contribution in [2.24, 2.45) is 0 Å². The molecule has 0 saturated heterocycles. The first kappa shape index (κ1) is 20.9. The molecule has 164 valence electrons. The van der Waals surface area contributed by atoms with Gasteiger partial charge in [-0.1, -0.05) is 6.42 Å². The lowest BCUT2D eigenvalue weighted by Gasteiger charge is -2.31. The Labute approximate surface area is 181 Å². The van der Waals surface area contributed by atoms with E-state index in [1.165, 1.54) is 12.5 Å². The van der Waals surface area contributed by atoms with Gasteiger partial charge in [-0.2, -0.15) is 0 Å². The Morgan fingerprint density at radius 2 is 1.58 bits per heavy atom. The summed E-state index contributed by atoms with van der Waals surface area (Å²) in [7, 11) is 4.67. The van der Waals surface area contributed by atoms with Gasteiger partial charge in [0.25, 0.3) is 5.79 Å². The van der Waals surface area contributed by atoms with Crippen LogP contribution in [-0.4, -0.2) is 33.0 Å². The Balaban J connectivity index is 1.45. The Bertz CT molecular complexity index is 994. The fourth-order valence-corrected chi connectivity index (χ4v) is 4.00. The number of anilines is 1. The Hall–Kier alpha value is -3.35. The van der Waals surface area contributed by atoms with Crippen LogP contribution in [0.25, 0.3) is 6.08 Å². The standard InChI is InChI=1S/C24H27NO6/c1-27-19-15-21(29-3)20(28-2)13-16(19)7-10-23(26)25-17-8-9-18-22(14-17)31-24(30-18)11-5-4-6-12-24/h7-10,13-15H,4-6,11-12H2,1-3H3,(H,25,26)/b10-7+. The summed E-state index contributed by atoms with van der Waals surface area (Å²) in [5.41, 5.74) is 1.34. The second kappa shape index (κ2) is 8.79. The largest absolute Gasteiger partial charge is 0.496 e. The molecule has 1 heterocycles. The molecule has 7 nitrogen and oxygen atoms in total. The Morgan fingerprint density at radius 3 is 2.29 bits per heavy atom. The van der Waals surface area contributed by atoms with E-state index in [1.807, 2.05) is 12.1 Å². The van der Waals surface area contributed by atoms with E-state index in [2.05, 4.69) is 5.32 Å². The number of amides is 1. The minimum atomic E-state index is -0.535. The van der Waals surface area contributed by atoms with Crippen LogP contribution in [0.4, 0.5) is 5.69 Å². The lowest BCUT2D eigenvalue weighted by Crippen LogP contribution is -2.40. The maximum Gasteiger partial charge on any atom is 0.251 e. The number of carbonyl (C=O) groups excluding carboxylic acids is 1. The highest BCUT2D eigenvalue weighted by atomic mass is 16.7. The number of methoxy groups -OCH3 is 3. The fourth-order valence-electron chi connectivity index (χ4n) is 4.00. The second-order valence-electron chi connectivity index (χ2n) is 7.61. The number of rotatable bonds is 6. The van der Waals surface area contributed by atoms with E-state index in [0.717, 1.165) is 31.4 Å². The van der Waals surface area contributed by atoms with Crippen molar-refractivity contribution in [1.82, 2.24) is 0 Å². The van der Waals surface area contributed by atoms with Crippen LogP contribution in [0.3, 0.4) is 0 Å². The molecule has 2 aromatic rings. The summed E-state index contributed by atoms with van der Waals surface area (Å²) in [5.74, 6) is 2.27. The van der Waals surface area contributed by atoms with Crippen molar-refractivity contribution in [3.05, 3.63) is 42.0 Å². The van der Waals surface area contributed by atoms with Crippen LogP contribution >= 0.6 is 0 Å². The first-order valence-corrected chi connectivity index (χ1v) is 10.4. The molecule has 1 N–H and O–H groups in total. The van der Waals surface area contributed by atoms with E-state index in [9.17, 15) is 4.79 Å². The average molecular weight is 425 g/mol. The molecule has 0 radical (unpaired) electrons. The van der Waals surface area contributed by atoms with Gasteiger partial charge < -0.3 is 29.0 Å². The zero-order valence-corrected chi connectivity index (χ0v) is 18.0. The molecular formula is C24H27NO6. The van der Waals surface area contributed by atoms with Gasteiger partial charge in [-0.05, 0) is 37.1 Å². The number of fused-ring (bicyclic) bond motifs is 1. The summed E-state index contributed by atoms with van der Waals surface area (Å²) in [5, 5.41) is 2.86. The minimum absolute atomic E-state index is 0.275. The number of ether oxygens (including phenoxy) is 5. The predicted octanol–water partition coefficient (Wildman–Crippen LogP) is 4.80. The first-order valence-electron chi connectivity index (χ1n) is 10.4. The lowest BCUT2D eigenvalue weighted by atomic mass is 9.94. The van der Waals surface area contributed by atoms with Crippen molar-refractivity contribution >= 4 is 17.7 Å². The highest BCUT2D eigenvalue weighted by Crippen LogP contribution is 2.46. The topological polar surface area (TPSA) is 75.3 Å². The van der Waals surface area contributed by atoms with Crippen molar-refractivity contribution in [2.45, 2.75) is 37.9 Å². The number of nitrogens with one attached hydrogen (secondary N) is 1. The van der Waals surface area contributed by atoms with E-state index >= 15 is 0 Å². The van der Waals surface area contributed by atoms with E-state index in [0.29, 0.717) is 34.2 Å². The third-order valence-electron chi connectivity index (χ3n) is 5.57. The molecule has 1 saturated carbocycles. The minimum Gasteiger partial charge on any atom is -0.496 e. The van der Waals surface area contributed by atoms with Crippen molar-refractivity contribution in [3.8, 4) is 28.7 Å². The second-order valence-corrected chi connectivity index (χ2v) is 7.61. The highest BCUT2D eigenvalue weighted by Gasteiger charge is 2.42. The third-order valence-corrected chi connectivity index (χ3v) is 5.57. The highest BCUT2D eigenvalue weighted by molar-refractivity contribution is 6.02. The van der Waals surface area contributed by atoms with E-state index in [1.54, 1.807) is 45.6 Å². The molecule has 0 aromatic heterocycles. The van der Waals surface area contributed by atoms with Gasteiger partial charge in [0.15, 0.2) is 23.0 Å². The molecule has 31 heavy (non-hydrogen) atoms. The molecule has 2 aromatic carbocycles. The quantitative estimate of drug-likeness (QED) is 0.671. The average Bonchev–Trinajstić information content (AvgIpc) is 3.13. The lowest BCUT2D eigenvalue weighted by molar-refractivity contribution is -0.111. The fraction of sp³-hybridized carbons (Fsp3) is 0.375. The maximum absolute atomic E-state index is 12.5. The molecule has 1 amide bonds. The van der Waals surface area contributed by atoms with Crippen LogP contribution in [0.15, 0.2) is 36.4 Å². The van der Waals surface area contributed by atoms with Gasteiger partial charge >= 0.3 is 0 Å². The van der Waals surface area contributed by atoms with Gasteiger partial charge in [0.05, 0.1) is 21.3 Å². The summed E-state index contributed by atoms with van der Waals surface area (Å²) in [6, 6.07) is 8.94. The van der Waals surface area contributed by atoms with Crippen molar-refractivity contribution in [2.75, 3.05) is 26.6 Å². The molecular weight excluding hydrogens is 398 g/mol. The maximum atomic E-state index is 12.5. The molecule has 1 fully saturated rings. The summed E-state index contributed by atoms with van der Waals surface area (Å²) >= 11 is 0. The normalized spacial score (nSPS) is 16.4.